The zero-order chi connectivity index (χ0) is 17.0. The van der Waals surface area contributed by atoms with Crippen LogP contribution in [0.2, 0.25) is 0 Å². The molecule has 6 nitrogen and oxygen atoms in total. The van der Waals surface area contributed by atoms with Crippen molar-refractivity contribution in [3.8, 4) is 22.6 Å². The number of nitrogens with two attached hydrogens (primary N) is 2. The van der Waals surface area contributed by atoms with Gasteiger partial charge in [-0.2, -0.15) is 0 Å². The third-order valence-corrected chi connectivity index (χ3v) is 3.65. The summed E-state index contributed by atoms with van der Waals surface area (Å²) in [4.78, 5) is 0. The van der Waals surface area contributed by atoms with Crippen LogP contribution in [0, 0.1) is 0 Å². The first-order chi connectivity index (χ1) is 11.0. The molecular formula is C17H22N2O4. The summed E-state index contributed by atoms with van der Waals surface area (Å²) < 4.78 is 10.8. The molecule has 0 aliphatic rings. The molecule has 124 valence electrons. The van der Waals surface area contributed by atoms with Crippen molar-refractivity contribution >= 4 is 11.4 Å². The second-order valence-corrected chi connectivity index (χ2v) is 5.22. The lowest BCUT2D eigenvalue weighted by Gasteiger charge is -2.18. The molecule has 0 amide bonds. The monoisotopic (exact) mass is 318 g/mol. The lowest BCUT2D eigenvalue weighted by molar-refractivity contribution is 0.0955. The van der Waals surface area contributed by atoms with Crippen molar-refractivity contribution in [2.75, 3.05) is 32.3 Å². The van der Waals surface area contributed by atoms with Gasteiger partial charge in [-0.15, -0.1) is 0 Å². The van der Waals surface area contributed by atoms with Crippen LogP contribution in [0.5, 0.6) is 11.5 Å². The average molecular weight is 318 g/mol. The molecule has 6 heteroatoms. The second kappa shape index (κ2) is 7.21. The Balaban J connectivity index is 2.63. The number of anilines is 2. The highest BCUT2D eigenvalue weighted by molar-refractivity contribution is 5.90. The van der Waals surface area contributed by atoms with Gasteiger partial charge in [0, 0.05) is 12.0 Å². The molecule has 23 heavy (non-hydrogen) atoms. The summed E-state index contributed by atoms with van der Waals surface area (Å²) in [5.74, 6) is 1.21. The Labute approximate surface area is 135 Å². The molecule has 1 atom stereocenters. The van der Waals surface area contributed by atoms with E-state index in [1.807, 2.05) is 24.3 Å². The van der Waals surface area contributed by atoms with Crippen LogP contribution >= 0.6 is 0 Å². The highest BCUT2D eigenvalue weighted by Crippen LogP contribution is 2.43. The van der Waals surface area contributed by atoms with Crippen molar-refractivity contribution in [1.29, 1.82) is 0 Å². The first-order valence-corrected chi connectivity index (χ1v) is 7.20. The third kappa shape index (κ3) is 3.49. The molecular weight excluding hydrogens is 296 g/mol. The number of aliphatic hydroxyl groups is 2. The number of benzene rings is 2. The topological polar surface area (TPSA) is 111 Å². The Morgan fingerprint density at radius 2 is 1.70 bits per heavy atom. The van der Waals surface area contributed by atoms with Crippen molar-refractivity contribution < 1.29 is 19.7 Å². The van der Waals surface area contributed by atoms with Gasteiger partial charge in [0.1, 0.15) is 11.5 Å². The van der Waals surface area contributed by atoms with Gasteiger partial charge in [-0.25, -0.2) is 0 Å². The van der Waals surface area contributed by atoms with Crippen LogP contribution in [0.4, 0.5) is 11.4 Å². The molecule has 0 aliphatic carbocycles. The summed E-state index contributed by atoms with van der Waals surface area (Å²) in [5.41, 5.74) is 15.1. The van der Waals surface area contributed by atoms with Crippen LogP contribution in [-0.2, 0) is 6.42 Å². The van der Waals surface area contributed by atoms with Gasteiger partial charge < -0.3 is 31.2 Å². The summed E-state index contributed by atoms with van der Waals surface area (Å²) in [6, 6.07) is 8.95. The Hall–Kier alpha value is -2.44. The first kappa shape index (κ1) is 16.9. The SMILES string of the molecule is COc1cccc(OC)c1-c1cc(CC(O)CO)cc(N)c1N. The summed E-state index contributed by atoms with van der Waals surface area (Å²) in [6.45, 7) is -0.322. The van der Waals surface area contributed by atoms with Gasteiger partial charge in [0.05, 0.1) is 43.9 Å². The lowest BCUT2D eigenvalue weighted by atomic mass is 9.96. The quantitative estimate of drug-likeness (QED) is 0.600. The van der Waals surface area contributed by atoms with Gasteiger partial charge in [0.25, 0.3) is 0 Å². The maximum absolute atomic E-state index is 9.66. The average Bonchev–Trinajstić information content (AvgIpc) is 2.57. The van der Waals surface area contributed by atoms with Crippen LogP contribution in [0.1, 0.15) is 5.56 Å². The second-order valence-electron chi connectivity index (χ2n) is 5.22. The van der Waals surface area contributed by atoms with Crippen LogP contribution < -0.4 is 20.9 Å². The largest absolute Gasteiger partial charge is 0.496 e. The fraction of sp³-hybridized carbons (Fsp3) is 0.294. The fourth-order valence-electron chi connectivity index (χ4n) is 2.52. The van der Waals surface area contributed by atoms with Gasteiger partial charge in [-0.1, -0.05) is 6.07 Å². The highest BCUT2D eigenvalue weighted by Gasteiger charge is 2.18. The maximum Gasteiger partial charge on any atom is 0.130 e. The molecule has 1 unspecified atom stereocenters. The van der Waals surface area contributed by atoms with E-state index in [0.717, 1.165) is 5.56 Å². The Kier molecular flexibility index (Phi) is 5.31. The predicted molar refractivity (Wildman–Crippen MR) is 90.6 cm³/mol. The number of hydrogen-bond donors (Lipinski definition) is 4. The van der Waals surface area contributed by atoms with Crippen molar-refractivity contribution in [2.45, 2.75) is 12.5 Å². The Bertz CT molecular complexity index is 666. The molecule has 0 aromatic heterocycles. The number of methoxy groups -OCH3 is 2. The van der Waals surface area contributed by atoms with Crippen molar-refractivity contribution in [2.24, 2.45) is 0 Å². The molecule has 2 aromatic rings. The fourth-order valence-corrected chi connectivity index (χ4v) is 2.52. The number of rotatable bonds is 6. The minimum Gasteiger partial charge on any atom is -0.496 e. The van der Waals surface area contributed by atoms with Crippen LogP contribution in [-0.4, -0.2) is 37.1 Å². The summed E-state index contributed by atoms with van der Waals surface area (Å²) in [6.07, 6.45) is -0.587. The van der Waals surface area contributed by atoms with E-state index in [1.165, 1.54) is 0 Å². The molecule has 0 aliphatic heterocycles. The standard InChI is InChI=1S/C17H22N2O4/c1-22-14-4-3-5-15(23-2)16(14)12-7-10(6-11(21)9-20)8-13(18)17(12)19/h3-5,7-8,11,20-21H,6,9,18-19H2,1-2H3. The lowest BCUT2D eigenvalue weighted by Crippen LogP contribution is -2.15. The molecule has 0 heterocycles. The highest BCUT2D eigenvalue weighted by atomic mass is 16.5. The number of nitrogen functional groups attached to an aromatic ring is 2. The molecule has 0 saturated heterocycles. The summed E-state index contributed by atoms with van der Waals surface area (Å²) in [5, 5.41) is 18.7. The molecule has 0 radical (unpaired) electrons. The van der Waals surface area contributed by atoms with Gasteiger partial charge in [0.15, 0.2) is 0 Å². The van der Waals surface area contributed by atoms with E-state index >= 15 is 0 Å². The molecule has 2 rings (SSSR count). The minimum absolute atomic E-state index is 0.269. The van der Waals surface area contributed by atoms with E-state index in [4.69, 9.17) is 26.0 Å². The van der Waals surface area contributed by atoms with E-state index in [9.17, 15) is 5.11 Å². The Morgan fingerprint density at radius 1 is 1.09 bits per heavy atom. The summed E-state index contributed by atoms with van der Waals surface area (Å²) in [7, 11) is 3.13. The van der Waals surface area contributed by atoms with E-state index in [1.54, 1.807) is 20.3 Å². The maximum atomic E-state index is 9.66. The number of hydrogen-bond acceptors (Lipinski definition) is 6. The third-order valence-electron chi connectivity index (χ3n) is 3.65. The van der Waals surface area contributed by atoms with E-state index < -0.39 is 6.10 Å². The van der Waals surface area contributed by atoms with E-state index in [2.05, 4.69) is 0 Å². The van der Waals surface area contributed by atoms with Crippen molar-refractivity contribution in [1.82, 2.24) is 0 Å². The Morgan fingerprint density at radius 3 is 2.22 bits per heavy atom. The number of aliphatic hydroxyl groups excluding tert-OH is 2. The number of ether oxygens (including phenoxy) is 2. The molecule has 0 bridgehead atoms. The van der Waals surface area contributed by atoms with E-state index in [0.29, 0.717) is 34.0 Å². The van der Waals surface area contributed by atoms with E-state index in [-0.39, 0.29) is 13.0 Å². The molecule has 0 saturated carbocycles. The van der Waals surface area contributed by atoms with Gasteiger partial charge in [-0.05, 0) is 29.8 Å². The predicted octanol–water partition coefficient (Wildman–Crippen LogP) is 1.43. The van der Waals surface area contributed by atoms with Crippen molar-refractivity contribution in [3.05, 3.63) is 35.9 Å². The first-order valence-electron chi connectivity index (χ1n) is 7.20. The van der Waals surface area contributed by atoms with Crippen LogP contribution in [0.3, 0.4) is 0 Å². The molecule has 2 aromatic carbocycles. The molecule has 6 N–H and O–H groups in total. The zero-order valence-electron chi connectivity index (χ0n) is 13.2. The van der Waals surface area contributed by atoms with Gasteiger partial charge >= 0.3 is 0 Å². The van der Waals surface area contributed by atoms with Gasteiger partial charge in [0.2, 0.25) is 0 Å². The summed E-state index contributed by atoms with van der Waals surface area (Å²) >= 11 is 0. The van der Waals surface area contributed by atoms with Crippen LogP contribution in [0.15, 0.2) is 30.3 Å². The minimum atomic E-state index is -0.856. The van der Waals surface area contributed by atoms with Crippen LogP contribution in [0.25, 0.3) is 11.1 Å². The normalized spacial score (nSPS) is 12.0. The van der Waals surface area contributed by atoms with Crippen molar-refractivity contribution in [3.63, 3.8) is 0 Å². The molecule has 0 spiro atoms. The smallest absolute Gasteiger partial charge is 0.130 e. The molecule has 0 fully saturated rings. The van der Waals surface area contributed by atoms with Gasteiger partial charge in [-0.3, -0.25) is 0 Å². The zero-order valence-corrected chi connectivity index (χ0v) is 13.2.